The monoisotopic (exact) mass is 275 g/mol. The van der Waals surface area contributed by atoms with Gasteiger partial charge in [-0.25, -0.2) is 4.98 Å². The van der Waals surface area contributed by atoms with Crippen LogP contribution >= 0.6 is 11.6 Å². The summed E-state index contributed by atoms with van der Waals surface area (Å²) in [5.74, 6) is -0.165. The first-order valence-corrected chi connectivity index (χ1v) is 6.24. The molecule has 19 heavy (non-hydrogen) atoms. The van der Waals surface area contributed by atoms with E-state index in [1.54, 1.807) is 12.3 Å². The molecule has 0 saturated heterocycles. The van der Waals surface area contributed by atoms with Crippen molar-refractivity contribution in [3.63, 3.8) is 0 Å². The number of rotatable bonds is 4. The summed E-state index contributed by atoms with van der Waals surface area (Å²) in [6.45, 7) is 2.04. The van der Waals surface area contributed by atoms with E-state index in [1.165, 1.54) is 0 Å². The van der Waals surface area contributed by atoms with Crippen LogP contribution in [-0.4, -0.2) is 17.4 Å². The molecule has 0 fully saturated rings. The molecule has 0 atom stereocenters. The molecule has 0 aliphatic heterocycles. The minimum atomic E-state index is -0.165. The fourth-order valence-electron chi connectivity index (χ4n) is 1.60. The number of pyridine rings is 1. The van der Waals surface area contributed by atoms with Gasteiger partial charge in [0.05, 0.1) is 12.2 Å². The number of amides is 1. The summed E-state index contributed by atoms with van der Waals surface area (Å²) < 4.78 is 0. The Morgan fingerprint density at radius 1 is 1.26 bits per heavy atom. The molecule has 1 aromatic heterocycles. The summed E-state index contributed by atoms with van der Waals surface area (Å²) >= 11 is 5.94. The number of aromatic nitrogens is 1. The van der Waals surface area contributed by atoms with Gasteiger partial charge in [0.2, 0.25) is 5.91 Å². The number of nitrogens with zero attached hydrogens (tertiary/aromatic N) is 1. The second-order valence-corrected chi connectivity index (χ2v) is 4.42. The molecule has 0 radical (unpaired) electrons. The molecule has 1 amide bonds. The second-order valence-electron chi connectivity index (χ2n) is 4.06. The first kappa shape index (κ1) is 13.4. The highest BCUT2D eigenvalue weighted by Gasteiger charge is 2.08. The van der Waals surface area contributed by atoms with E-state index >= 15 is 0 Å². The first-order valence-electron chi connectivity index (χ1n) is 5.86. The second kappa shape index (κ2) is 6.20. The van der Waals surface area contributed by atoms with Gasteiger partial charge in [-0.2, -0.15) is 0 Å². The molecule has 98 valence electrons. The standard InChI is InChI=1S/C14H14ClN3O/c1-10-7-8-16-14(15)13(10)18-12(19)9-17-11-5-3-2-4-6-11/h2-8,17H,9H2,1H3,(H,18,19). The zero-order valence-corrected chi connectivity index (χ0v) is 11.2. The van der Waals surface area contributed by atoms with Gasteiger partial charge < -0.3 is 10.6 Å². The number of benzene rings is 1. The quantitative estimate of drug-likeness (QED) is 0.843. The summed E-state index contributed by atoms with van der Waals surface area (Å²) in [5.41, 5.74) is 2.34. The van der Waals surface area contributed by atoms with Crippen LogP contribution in [0.3, 0.4) is 0 Å². The van der Waals surface area contributed by atoms with Crippen molar-refractivity contribution in [2.75, 3.05) is 17.2 Å². The largest absolute Gasteiger partial charge is 0.376 e. The number of anilines is 2. The Kier molecular flexibility index (Phi) is 4.36. The van der Waals surface area contributed by atoms with E-state index in [2.05, 4.69) is 15.6 Å². The lowest BCUT2D eigenvalue weighted by molar-refractivity contribution is -0.114. The Hall–Kier alpha value is -2.07. The van der Waals surface area contributed by atoms with Crippen LogP contribution in [0.5, 0.6) is 0 Å². The Morgan fingerprint density at radius 2 is 2.00 bits per heavy atom. The fourth-order valence-corrected chi connectivity index (χ4v) is 1.85. The zero-order valence-electron chi connectivity index (χ0n) is 10.5. The minimum Gasteiger partial charge on any atom is -0.376 e. The maximum atomic E-state index is 11.8. The topological polar surface area (TPSA) is 54.0 Å². The number of carbonyl (C=O) groups is 1. The van der Waals surface area contributed by atoms with E-state index in [1.807, 2.05) is 37.3 Å². The third kappa shape index (κ3) is 3.69. The number of halogens is 1. The van der Waals surface area contributed by atoms with E-state index in [9.17, 15) is 4.79 Å². The van der Waals surface area contributed by atoms with Crippen molar-refractivity contribution in [3.05, 3.63) is 53.3 Å². The predicted octanol–water partition coefficient (Wildman–Crippen LogP) is 3.09. The molecule has 1 aromatic carbocycles. The van der Waals surface area contributed by atoms with Crippen molar-refractivity contribution in [1.82, 2.24) is 4.98 Å². The highest BCUT2D eigenvalue weighted by atomic mass is 35.5. The molecular weight excluding hydrogens is 262 g/mol. The van der Waals surface area contributed by atoms with Gasteiger partial charge >= 0.3 is 0 Å². The molecule has 2 rings (SSSR count). The highest BCUT2D eigenvalue weighted by molar-refractivity contribution is 6.32. The molecule has 0 saturated carbocycles. The molecule has 0 bridgehead atoms. The molecule has 5 heteroatoms. The fraction of sp³-hybridized carbons (Fsp3) is 0.143. The van der Waals surface area contributed by atoms with Gasteiger partial charge in [-0.1, -0.05) is 29.8 Å². The smallest absolute Gasteiger partial charge is 0.243 e. The summed E-state index contributed by atoms with van der Waals surface area (Å²) in [6.07, 6.45) is 1.61. The average Bonchev–Trinajstić information content (AvgIpc) is 2.42. The molecule has 2 aromatic rings. The van der Waals surface area contributed by atoms with Crippen LogP contribution in [-0.2, 0) is 4.79 Å². The van der Waals surface area contributed by atoms with E-state index < -0.39 is 0 Å². The SMILES string of the molecule is Cc1ccnc(Cl)c1NC(=O)CNc1ccccc1. The van der Waals surface area contributed by atoms with Crippen LogP contribution in [0.1, 0.15) is 5.56 Å². The number of hydrogen-bond acceptors (Lipinski definition) is 3. The zero-order chi connectivity index (χ0) is 13.7. The maximum Gasteiger partial charge on any atom is 0.243 e. The van der Waals surface area contributed by atoms with Gasteiger partial charge in [0.1, 0.15) is 0 Å². The van der Waals surface area contributed by atoms with Crippen molar-refractivity contribution in [2.45, 2.75) is 6.92 Å². The van der Waals surface area contributed by atoms with Crippen molar-refractivity contribution in [3.8, 4) is 0 Å². The summed E-state index contributed by atoms with van der Waals surface area (Å²) in [4.78, 5) is 15.8. The van der Waals surface area contributed by atoms with Crippen LogP contribution in [0.15, 0.2) is 42.6 Å². The van der Waals surface area contributed by atoms with Crippen molar-refractivity contribution < 1.29 is 4.79 Å². The Labute approximate surface area is 116 Å². The number of carbonyl (C=O) groups excluding carboxylic acids is 1. The first-order chi connectivity index (χ1) is 9.16. The van der Waals surface area contributed by atoms with Crippen molar-refractivity contribution in [2.24, 2.45) is 0 Å². The van der Waals surface area contributed by atoms with Gasteiger partial charge in [-0.05, 0) is 30.7 Å². The lowest BCUT2D eigenvalue weighted by Crippen LogP contribution is -2.22. The Morgan fingerprint density at radius 3 is 2.68 bits per heavy atom. The molecule has 0 aliphatic rings. The Bertz CT molecular complexity index is 552. The minimum absolute atomic E-state index is 0.165. The maximum absolute atomic E-state index is 11.8. The highest BCUT2D eigenvalue weighted by Crippen LogP contribution is 2.22. The van der Waals surface area contributed by atoms with Crippen LogP contribution in [0, 0.1) is 6.92 Å². The number of para-hydroxylation sites is 1. The van der Waals surface area contributed by atoms with Gasteiger partial charge in [-0.15, -0.1) is 0 Å². The lowest BCUT2D eigenvalue weighted by atomic mass is 10.2. The molecule has 0 unspecified atom stereocenters. The molecular formula is C14H14ClN3O. The number of aryl methyl sites for hydroxylation is 1. The van der Waals surface area contributed by atoms with Crippen LogP contribution in [0.2, 0.25) is 5.15 Å². The van der Waals surface area contributed by atoms with Crippen molar-refractivity contribution in [1.29, 1.82) is 0 Å². The lowest BCUT2D eigenvalue weighted by Gasteiger charge is -2.10. The van der Waals surface area contributed by atoms with Gasteiger partial charge in [-0.3, -0.25) is 4.79 Å². The van der Waals surface area contributed by atoms with Gasteiger partial charge in [0, 0.05) is 11.9 Å². The van der Waals surface area contributed by atoms with Crippen LogP contribution in [0.4, 0.5) is 11.4 Å². The van der Waals surface area contributed by atoms with E-state index in [4.69, 9.17) is 11.6 Å². The van der Waals surface area contributed by atoms with E-state index in [0.29, 0.717) is 10.8 Å². The molecule has 2 N–H and O–H groups in total. The summed E-state index contributed by atoms with van der Waals surface area (Å²) in [7, 11) is 0. The van der Waals surface area contributed by atoms with Gasteiger partial charge in [0.25, 0.3) is 0 Å². The van der Waals surface area contributed by atoms with Crippen LogP contribution in [0.25, 0.3) is 0 Å². The Balaban J connectivity index is 1.95. The number of hydrogen-bond donors (Lipinski definition) is 2. The molecule has 0 spiro atoms. The summed E-state index contributed by atoms with van der Waals surface area (Å²) in [5, 5.41) is 6.08. The third-order valence-corrected chi connectivity index (χ3v) is 2.89. The van der Waals surface area contributed by atoms with E-state index in [0.717, 1.165) is 11.3 Å². The predicted molar refractivity (Wildman–Crippen MR) is 77.5 cm³/mol. The molecule has 1 heterocycles. The number of nitrogens with one attached hydrogen (secondary N) is 2. The van der Waals surface area contributed by atoms with Gasteiger partial charge in [0.15, 0.2) is 5.15 Å². The van der Waals surface area contributed by atoms with E-state index in [-0.39, 0.29) is 12.5 Å². The molecule has 0 aliphatic carbocycles. The summed E-state index contributed by atoms with van der Waals surface area (Å²) in [6, 6.07) is 11.3. The van der Waals surface area contributed by atoms with Crippen LogP contribution < -0.4 is 10.6 Å². The van der Waals surface area contributed by atoms with Crippen molar-refractivity contribution >= 4 is 28.9 Å². The molecule has 4 nitrogen and oxygen atoms in total. The third-order valence-electron chi connectivity index (χ3n) is 2.60. The average molecular weight is 276 g/mol. The normalized spacial score (nSPS) is 10.0.